The van der Waals surface area contributed by atoms with Gasteiger partial charge >= 0.3 is 0 Å². The van der Waals surface area contributed by atoms with Crippen molar-refractivity contribution in [2.45, 2.75) is 15.2 Å². The van der Waals surface area contributed by atoms with Gasteiger partial charge < -0.3 is 0 Å². The third-order valence-corrected chi connectivity index (χ3v) is 12.4. The normalized spacial score (nSPS) is 15.1. The summed E-state index contributed by atoms with van der Waals surface area (Å²) in [5, 5.41) is 2.51. The summed E-state index contributed by atoms with van der Waals surface area (Å²) in [6.07, 6.45) is 4.56. The summed E-state index contributed by atoms with van der Waals surface area (Å²) in [7, 11) is 0. The Bertz CT molecular complexity index is 3010. The van der Waals surface area contributed by atoms with Crippen LogP contribution in [0.5, 0.6) is 0 Å². The van der Waals surface area contributed by atoms with Gasteiger partial charge in [-0.05, 0) is 73.5 Å². The number of fused-ring (bicyclic) bond motifs is 10. The van der Waals surface area contributed by atoms with Gasteiger partial charge in [0.2, 0.25) is 0 Å². The summed E-state index contributed by atoms with van der Waals surface area (Å²) in [6.45, 7) is 0. The third-order valence-electron chi connectivity index (χ3n) is 11.2. The van der Waals surface area contributed by atoms with Gasteiger partial charge in [0.1, 0.15) is 0 Å². The molecule has 0 saturated carbocycles. The van der Waals surface area contributed by atoms with E-state index in [1.807, 2.05) is 36.0 Å². The average Bonchev–Trinajstić information content (AvgIpc) is 3.42. The predicted octanol–water partition coefficient (Wildman–Crippen LogP) is 13.0. The van der Waals surface area contributed by atoms with Crippen LogP contribution < -0.4 is 0 Å². The molecule has 0 bridgehead atoms. The van der Waals surface area contributed by atoms with Gasteiger partial charge in [-0.3, -0.25) is 0 Å². The fourth-order valence-electron chi connectivity index (χ4n) is 8.64. The van der Waals surface area contributed by atoms with Gasteiger partial charge in [0, 0.05) is 26.5 Å². The van der Waals surface area contributed by atoms with Crippen molar-refractivity contribution in [3.05, 3.63) is 221 Å². The second-order valence-electron chi connectivity index (χ2n) is 14.4. The predicted molar refractivity (Wildman–Crippen MR) is 230 cm³/mol. The third kappa shape index (κ3) is 5.18. The Morgan fingerprint density at radius 1 is 0.357 bits per heavy atom. The molecule has 1 aromatic heterocycles. The number of benzene rings is 8. The highest BCUT2D eigenvalue weighted by Crippen LogP contribution is 2.59. The van der Waals surface area contributed by atoms with Crippen LogP contribution in [0.15, 0.2) is 198 Å². The lowest BCUT2D eigenvalue weighted by molar-refractivity contribution is 0.704. The smallest absolute Gasteiger partial charge is 0.164 e. The Morgan fingerprint density at radius 3 is 1.75 bits per heavy atom. The van der Waals surface area contributed by atoms with Crippen LogP contribution in [0, 0.1) is 0 Å². The van der Waals surface area contributed by atoms with Crippen molar-refractivity contribution in [1.29, 1.82) is 0 Å². The lowest BCUT2D eigenvalue weighted by atomic mass is 9.63. The number of rotatable bonds is 4. The zero-order valence-electron chi connectivity index (χ0n) is 30.3. The summed E-state index contributed by atoms with van der Waals surface area (Å²) < 4.78 is 0. The SMILES string of the molecule is C1=Cc2ccc(-c3nc(-c4ccccc4)nc(-c4cccc(-c5ccccc5)c4)n3)cc2C2(c3ccccc31)c1ccccc1Sc1c2ccc2ccccc12. The Balaban J connectivity index is 1.19. The van der Waals surface area contributed by atoms with Gasteiger partial charge in [-0.25, -0.2) is 15.0 Å². The monoisotopic (exact) mass is 731 g/mol. The molecule has 0 amide bonds. The van der Waals surface area contributed by atoms with Gasteiger partial charge in [-0.15, -0.1) is 0 Å². The van der Waals surface area contributed by atoms with Gasteiger partial charge in [0.15, 0.2) is 17.5 Å². The van der Waals surface area contributed by atoms with Crippen molar-refractivity contribution >= 4 is 34.7 Å². The molecule has 1 unspecified atom stereocenters. The van der Waals surface area contributed by atoms with Crippen molar-refractivity contribution in [3.63, 3.8) is 0 Å². The fourth-order valence-corrected chi connectivity index (χ4v) is 9.97. The highest BCUT2D eigenvalue weighted by Gasteiger charge is 2.47. The Hall–Kier alpha value is -6.88. The first kappa shape index (κ1) is 32.5. The maximum Gasteiger partial charge on any atom is 0.164 e. The van der Waals surface area contributed by atoms with Crippen LogP contribution in [-0.4, -0.2) is 15.0 Å². The average molecular weight is 732 g/mol. The van der Waals surface area contributed by atoms with Crippen molar-refractivity contribution in [3.8, 4) is 45.3 Å². The standard InChI is InChI=1S/C52H33N3S/c1-3-14-34(15-4-1)39-20-13-21-40(32-39)50-53-49(38-18-5-2-6-19-38)54-51(55-50)41-29-28-37-27-26-36-17-8-10-23-43(36)52(46(37)33-41)44-24-11-12-25-47(44)56-48-42-22-9-7-16-35(42)30-31-45(48)52/h1-33H. The largest absolute Gasteiger partial charge is 0.208 e. The fraction of sp³-hybridized carbons (Fsp3) is 0.0192. The second-order valence-corrected chi connectivity index (χ2v) is 15.4. The zero-order chi connectivity index (χ0) is 37.1. The van der Waals surface area contributed by atoms with Gasteiger partial charge in [-0.1, -0.05) is 194 Å². The Labute approximate surface area is 330 Å². The number of nitrogens with zero attached hydrogens (tertiary/aromatic N) is 3. The van der Waals surface area contributed by atoms with Crippen LogP contribution in [0.2, 0.25) is 0 Å². The molecule has 8 aromatic carbocycles. The molecular formula is C52H33N3S. The lowest BCUT2D eigenvalue weighted by Crippen LogP contribution is -2.35. The number of hydrogen-bond donors (Lipinski definition) is 0. The molecule has 0 radical (unpaired) electrons. The summed E-state index contributed by atoms with van der Waals surface area (Å²) in [4.78, 5) is 18.1. The minimum absolute atomic E-state index is 0.616. The maximum atomic E-state index is 5.27. The van der Waals surface area contributed by atoms with Gasteiger partial charge in [0.05, 0.1) is 5.41 Å². The first-order valence-corrected chi connectivity index (χ1v) is 19.8. The number of hydrogen-bond acceptors (Lipinski definition) is 4. The molecule has 2 heterocycles. The highest BCUT2D eigenvalue weighted by atomic mass is 32.2. The van der Waals surface area contributed by atoms with E-state index < -0.39 is 5.41 Å². The molecule has 2 aliphatic rings. The van der Waals surface area contributed by atoms with Crippen LogP contribution in [-0.2, 0) is 5.41 Å². The highest BCUT2D eigenvalue weighted by molar-refractivity contribution is 7.99. The molecule has 1 atom stereocenters. The minimum Gasteiger partial charge on any atom is -0.208 e. The minimum atomic E-state index is -0.616. The first-order chi connectivity index (χ1) is 27.7. The van der Waals surface area contributed by atoms with Crippen LogP contribution in [0.1, 0.15) is 33.4 Å². The van der Waals surface area contributed by atoms with E-state index in [1.165, 1.54) is 53.9 Å². The molecule has 0 saturated heterocycles. The summed E-state index contributed by atoms with van der Waals surface area (Å²) in [5.74, 6) is 1.91. The van der Waals surface area contributed by atoms with Gasteiger partial charge in [0.25, 0.3) is 0 Å². The van der Waals surface area contributed by atoms with E-state index in [-0.39, 0.29) is 0 Å². The van der Waals surface area contributed by atoms with E-state index in [0.29, 0.717) is 17.5 Å². The zero-order valence-corrected chi connectivity index (χ0v) is 31.1. The van der Waals surface area contributed by atoms with E-state index in [2.05, 4.69) is 176 Å². The van der Waals surface area contributed by atoms with E-state index in [9.17, 15) is 0 Å². The van der Waals surface area contributed by atoms with E-state index >= 15 is 0 Å². The van der Waals surface area contributed by atoms with Crippen molar-refractivity contribution in [2.75, 3.05) is 0 Å². The van der Waals surface area contributed by atoms with E-state index in [1.54, 1.807) is 0 Å². The van der Waals surface area contributed by atoms with Crippen LogP contribution >= 0.6 is 11.8 Å². The molecule has 11 rings (SSSR count). The van der Waals surface area contributed by atoms with Crippen LogP contribution in [0.4, 0.5) is 0 Å². The molecule has 0 fully saturated rings. The molecule has 1 aliphatic carbocycles. The molecule has 4 heteroatoms. The van der Waals surface area contributed by atoms with Crippen LogP contribution in [0.25, 0.3) is 68.2 Å². The molecule has 56 heavy (non-hydrogen) atoms. The molecule has 1 spiro atoms. The Morgan fingerprint density at radius 2 is 0.946 bits per heavy atom. The number of aromatic nitrogens is 3. The van der Waals surface area contributed by atoms with Crippen molar-refractivity contribution < 1.29 is 0 Å². The molecule has 9 aromatic rings. The summed E-state index contributed by atoms with van der Waals surface area (Å²) >= 11 is 1.88. The van der Waals surface area contributed by atoms with Crippen molar-refractivity contribution in [1.82, 2.24) is 15.0 Å². The molecule has 3 nitrogen and oxygen atoms in total. The van der Waals surface area contributed by atoms with Gasteiger partial charge in [-0.2, -0.15) is 0 Å². The quantitative estimate of drug-likeness (QED) is 0.181. The molecule has 1 aliphatic heterocycles. The maximum absolute atomic E-state index is 5.27. The first-order valence-electron chi connectivity index (χ1n) is 18.9. The summed E-state index contributed by atoms with van der Waals surface area (Å²) in [5.41, 5.74) is 11.9. The topological polar surface area (TPSA) is 38.7 Å². The molecular weight excluding hydrogens is 699 g/mol. The van der Waals surface area contributed by atoms with Crippen molar-refractivity contribution in [2.24, 2.45) is 0 Å². The van der Waals surface area contributed by atoms with E-state index in [4.69, 9.17) is 15.0 Å². The van der Waals surface area contributed by atoms with E-state index in [0.717, 1.165) is 27.8 Å². The molecule has 262 valence electrons. The summed E-state index contributed by atoms with van der Waals surface area (Å²) in [6, 6.07) is 67.2. The molecule has 0 N–H and O–H groups in total. The lowest BCUT2D eigenvalue weighted by Gasteiger charge is -2.43. The second kappa shape index (κ2) is 13.2. The Kier molecular flexibility index (Phi) is 7.64. The van der Waals surface area contributed by atoms with Crippen LogP contribution in [0.3, 0.4) is 0 Å².